The van der Waals surface area contributed by atoms with E-state index in [4.69, 9.17) is 27.7 Å². The first-order valence-electron chi connectivity index (χ1n) is 9.25. The second-order valence-corrected chi connectivity index (χ2v) is 9.57. The Morgan fingerprint density at radius 1 is 1.13 bits per heavy atom. The minimum atomic E-state index is -3.93. The van der Waals surface area contributed by atoms with Gasteiger partial charge in [-0.15, -0.1) is 0 Å². The maximum Gasteiger partial charge on any atom is 0.352 e. The molecule has 0 spiro atoms. The van der Waals surface area contributed by atoms with Gasteiger partial charge in [-0.1, -0.05) is 53.5 Å². The van der Waals surface area contributed by atoms with Crippen LogP contribution in [0, 0.1) is 5.82 Å². The number of carbonyl (C=O) groups is 1. The zero-order chi connectivity index (χ0) is 22.0. The molecule has 3 aromatic carbocycles. The Morgan fingerprint density at radius 3 is 2.61 bits per heavy atom. The number of benzene rings is 3. The third-order valence-electron chi connectivity index (χ3n) is 4.64. The average molecular weight is 480 g/mol. The summed E-state index contributed by atoms with van der Waals surface area (Å²) in [6, 6.07) is 17.3. The Kier molecular flexibility index (Phi) is 6.21. The summed E-state index contributed by atoms with van der Waals surface area (Å²) in [7, 11) is -3.93. The van der Waals surface area contributed by atoms with Crippen LogP contribution in [0.2, 0.25) is 10.0 Å². The molecule has 0 saturated heterocycles. The van der Waals surface area contributed by atoms with Gasteiger partial charge < -0.3 is 14.7 Å². The van der Waals surface area contributed by atoms with E-state index in [2.05, 4.69) is 10.4 Å². The maximum atomic E-state index is 13.8. The Hall–Kier alpha value is -2.57. The van der Waals surface area contributed by atoms with Crippen molar-refractivity contribution >= 4 is 42.9 Å². The van der Waals surface area contributed by atoms with Gasteiger partial charge in [0, 0.05) is 17.1 Å². The van der Waals surface area contributed by atoms with Gasteiger partial charge in [-0.2, -0.15) is 9.76 Å². The Labute approximate surface area is 189 Å². The molecule has 1 aliphatic heterocycles. The number of halogens is 3. The fourth-order valence-electron chi connectivity index (χ4n) is 3.09. The Morgan fingerprint density at radius 2 is 1.87 bits per heavy atom. The minimum absolute atomic E-state index is 0.130. The van der Waals surface area contributed by atoms with E-state index in [1.807, 2.05) is 12.1 Å². The number of fused-ring (bicyclic) bond motifs is 1. The zero-order valence-corrected chi connectivity index (χ0v) is 18.4. The van der Waals surface area contributed by atoms with Crippen LogP contribution in [-0.4, -0.2) is 6.03 Å². The van der Waals surface area contributed by atoms with Crippen LogP contribution in [0.4, 0.5) is 14.9 Å². The quantitative estimate of drug-likeness (QED) is 0.512. The van der Waals surface area contributed by atoms with Crippen LogP contribution >= 0.6 is 31.2 Å². The molecule has 1 aliphatic rings. The van der Waals surface area contributed by atoms with Crippen molar-refractivity contribution in [3.63, 3.8) is 0 Å². The predicted molar refractivity (Wildman–Crippen MR) is 118 cm³/mol. The summed E-state index contributed by atoms with van der Waals surface area (Å²) in [5.41, 5.74) is 1.93. The lowest BCUT2D eigenvalue weighted by atomic mass is 10.2. The summed E-state index contributed by atoms with van der Waals surface area (Å²) in [5, 5.41) is 5.55. The van der Waals surface area contributed by atoms with Gasteiger partial charge in [-0.25, -0.2) is 9.18 Å². The highest BCUT2D eigenvalue weighted by molar-refractivity contribution is 7.65. The van der Waals surface area contributed by atoms with Crippen molar-refractivity contribution in [2.24, 2.45) is 0 Å². The summed E-state index contributed by atoms with van der Waals surface area (Å²) in [6.07, 6.45) is 0. The number of nitrogens with zero attached hydrogens (tertiary/aromatic N) is 1. The lowest BCUT2D eigenvalue weighted by Crippen LogP contribution is -2.49. The van der Waals surface area contributed by atoms with E-state index in [0.29, 0.717) is 16.5 Å². The second-order valence-electron chi connectivity index (χ2n) is 6.80. The van der Waals surface area contributed by atoms with Gasteiger partial charge in [-0.3, -0.25) is 0 Å². The van der Waals surface area contributed by atoms with Crippen molar-refractivity contribution in [2.45, 2.75) is 13.1 Å². The normalized spacial score (nSPS) is 17.5. The highest BCUT2D eigenvalue weighted by Gasteiger charge is 2.45. The van der Waals surface area contributed by atoms with Crippen molar-refractivity contribution < 1.29 is 18.6 Å². The highest BCUT2D eigenvalue weighted by atomic mass is 35.5. The molecule has 0 saturated carbocycles. The predicted octanol–water partition coefficient (Wildman–Crippen LogP) is 5.07. The third kappa shape index (κ3) is 4.86. The van der Waals surface area contributed by atoms with Gasteiger partial charge in [0.25, 0.3) is 0 Å². The Balaban J connectivity index is 1.57. The summed E-state index contributed by atoms with van der Waals surface area (Å²) in [6.45, 7) is 0.370. The molecule has 6 nitrogen and oxygen atoms in total. The SMILES string of the molecule is O=C(NCc1ccc(Cl)cc1)N[P+]1([O-])Oc2ccccc2CN1c1ccc(F)c(Cl)c1. The van der Waals surface area contributed by atoms with Crippen LogP contribution in [0.5, 0.6) is 5.75 Å². The third-order valence-corrected chi connectivity index (χ3v) is 7.12. The first-order valence-corrected chi connectivity index (χ1v) is 11.6. The molecule has 1 unspecified atom stereocenters. The first-order chi connectivity index (χ1) is 14.8. The molecule has 10 heteroatoms. The fourth-order valence-corrected chi connectivity index (χ4v) is 5.20. The number of nitrogens with one attached hydrogen (secondary N) is 2. The summed E-state index contributed by atoms with van der Waals surface area (Å²) >= 11 is 11.8. The van der Waals surface area contributed by atoms with Gasteiger partial charge in [0.1, 0.15) is 5.82 Å². The number of anilines is 1. The molecule has 0 fully saturated rings. The number of rotatable bonds is 4. The van der Waals surface area contributed by atoms with Gasteiger partial charge in [0.2, 0.25) is 0 Å². The maximum absolute atomic E-state index is 13.8. The smallest absolute Gasteiger partial charge is 0.352 e. The molecular weight excluding hydrogens is 463 g/mol. The topological polar surface area (TPSA) is 76.7 Å². The summed E-state index contributed by atoms with van der Waals surface area (Å²) in [5.74, 6) is -0.208. The number of hydrogen-bond acceptors (Lipinski definition) is 4. The average Bonchev–Trinajstić information content (AvgIpc) is 2.74. The van der Waals surface area contributed by atoms with E-state index in [9.17, 15) is 14.1 Å². The molecule has 4 rings (SSSR count). The second kappa shape index (κ2) is 8.89. The fraction of sp³-hybridized carbons (Fsp3) is 0.0952. The van der Waals surface area contributed by atoms with E-state index in [0.717, 1.165) is 11.1 Å². The number of urea groups is 1. The first kappa shape index (κ1) is 21.7. The lowest BCUT2D eigenvalue weighted by Gasteiger charge is -2.41. The van der Waals surface area contributed by atoms with Crippen molar-refractivity contribution in [2.75, 3.05) is 4.67 Å². The van der Waals surface area contributed by atoms with E-state index in [1.54, 1.807) is 36.4 Å². The van der Waals surface area contributed by atoms with Crippen LogP contribution in [0.15, 0.2) is 66.7 Å². The minimum Gasteiger partial charge on any atom is -0.610 e. The molecule has 0 radical (unpaired) electrons. The lowest BCUT2D eigenvalue weighted by molar-refractivity contribution is -0.189. The van der Waals surface area contributed by atoms with Crippen LogP contribution in [0.1, 0.15) is 11.1 Å². The summed E-state index contributed by atoms with van der Waals surface area (Å²) < 4.78 is 20.8. The van der Waals surface area contributed by atoms with Crippen LogP contribution in [0.25, 0.3) is 0 Å². The van der Waals surface area contributed by atoms with Gasteiger partial charge >= 0.3 is 14.0 Å². The largest absolute Gasteiger partial charge is 0.610 e. The molecule has 31 heavy (non-hydrogen) atoms. The standard InChI is InChI=1S/C21H17Cl2FN3O3P/c22-16-7-5-14(6-8-16)12-25-21(28)26-31(29)27(17-9-10-19(24)18(23)11-17)13-15-3-1-2-4-20(15)30-31/h1-11H,12-13H2,(H2,25,26,28,29). The molecule has 1 atom stereocenters. The van der Waals surface area contributed by atoms with Crippen LogP contribution in [0.3, 0.4) is 0 Å². The van der Waals surface area contributed by atoms with Crippen molar-refractivity contribution in [3.8, 4) is 5.75 Å². The summed E-state index contributed by atoms with van der Waals surface area (Å²) in [4.78, 5) is 26.3. The highest BCUT2D eigenvalue weighted by Crippen LogP contribution is 2.57. The zero-order valence-electron chi connectivity index (χ0n) is 16.0. The number of carbonyl (C=O) groups excluding carboxylic acids is 1. The van der Waals surface area contributed by atoms with Crippen molar-refractivity contribution in [1.82, 2.24) is 10.4 Å². The molecule has 2 N–H and O–H groups in total. The molecule has 2 amide bonds. The number of hydrogen-bond donors (Lipinski definition) is 2. The monoisotopic (exact) mass is 479 g/mol. The molecule has 0 aromatic heterocycles. The number of para-hydroxylation sites is 1. The van der Waals surface area contributed by atoms with Crippen molar-refractivity contribution in [1.29, 1.82) is 0 Å². The van der Waals surface area contributed by atoms with Crippen molar-refractivity contribution in [3.05, 3.63) is 93.7 Å². The van der Waals surface area contributed by atoms with E-state index < -0.39 is 19.9 Å². The molecule has 160 valence electrons. The van der Waals surface area contributed by atoms with Crippen LogP contribution < -0.4 is 24.5 Å². The van der Waals surface area contributed by atoms with Gasteiger partial charge in [0.15, 0.2) is 5.75 Å². The van der Waals surface area contributed by atoms with Gasteiger partial charge in [0.05, 0.1) is 17.3 Å². The molecule has 3 aromatic rings. The van der Waals surface area contributed by atoms with E-state index in [-0.39, 0.29) is 18.1 Å². The van der Waals surface area contributed by atoms with Gasteiger partial charge in [-0.05, 0) is 42.0 Å². The molecule has 0 aliphatic carbocycles. The molecular formula is C21H17Cl2FN3O3P. The van der Waals surface area contributed by atoms with Crippen LogP contribution in [-0.2, 0) is 13.1 Å². The van der Waals surface area contributed by atoms with E-state index >= 15 is 0 Å². The molecule has 0 bridgehead atoms. The number of amides is 2. The molecule has 1 heterocycles. The Bertz CT molecular complexity index is 1120. The van der Waals surface area contributed by atoms with E-state index in [1.165, 1.54) is 22.9 Å².